The van der Waals surface area contributed by atoms with Crippen molar-refractivity contribution in [3.05, 3.63) is 0 Å². The third-order valence-corrected chi connectivity index (χ3v) is 4.23. The van der Waals surface area contributed by atoms with Gasteiger partial charge >= 0.3 is 0 Å². The summed E-state index contributed by atoms with van der Waals surface area (Å²) in [6, 6.07) is 0. The van der Waals surface area contributed by atoms with E-state index < -0.39 is 0 Å². The van der Waals surface area contributed by atoms with Gasteiger partial charge in [0.15, 0.2) is 0 Å². The fraction of sp³-hybridized carbons (Fsp3) is 0.929. The van der Waals surface area contributed by atoms with Gasteiger partial charge in [-0.3, -0.25) is 4.79 Å². The molecule has 3 nitrogen and oxygen atoms in total. The van der Waals surface area contributed by atoms with Gasteiger partial charge in [0, 0.05) is 19.7 Å². The highest BCUT2D eigenvalue weighted by Crippen LogP contribution is 2.25. The molecule has 1 amide bonds. The highest BCUT2D eigenvalue weighted by molar-refractivity contribution is 5.81. The van der Waals surface area contributed by atoms with Crippen LogP contribution >= 0.6 is 0 Å². The number of carbonyl (C=O) groups excluding carboxylic acids is 1. The first-order valence-electron chi connectivity index (χ1n) is 7.09. The molecule has 2 saturated heterocycles. The second-order valence-electron chi connectivity index (χ2n) is 5.76. The molecule has 98 valence electrons. The largest absolute Gasteiger partial charge is 0.368 e. The Bertz CT molecular complexity index is 259. The van der Waals surface area contributed by atoms with Crippen molar-refractivity contribution >= 4 is 5.91 Å². The summed E-state index contributed by atoms with van der Waals surface area (Å²) in [6.45, 7) is 7.22. The first-order valence-corrected chi connectivity index (χ1v) is 7.09. The summed E-state index contributed by atoms with van der Waals surface area (Å²) in [4.78, 5) is 14.3. The van der Waals surface area contributed by atoms with Crippen LogP contribution < -0.4 is 0 Å². The fourth-order valence-corrected chi connectivity index (χ4v) is 2.99. The number of likely N-dealkylation sites (tertiary alicyclic amines) is 1. The highest BCUT2D eigenvalue weighted by atomic mass is 16.5. The summed E-state index contributed by atoms with van der Waals surface area (Å²) in [5, 5.41) is 0. The van der Waals surface area contributed by atoms with Gasteiger partial charge in [-0.2, -0.15) is 0 Å². The molecule has 0 aromatic heterocycles. The maximum atomic E-state index is 12.2. The van der Waals surface area contributed by atoms with E-state index >= 15 is 0 Å². The second kappa shape index (κ2) is 5.85. The number of nitrogens with zero attached hydrogens (tertiary/aromatic N) is 1. The van der Waals surface area contributed by atoms with Crippen LogP contribution in [0.5, 0.6) is 0 Å². The van der Waals surface area contributed by atoms with E-state index in [-0.39, 0.29) is 12.0 Å². The van der Waals surface area contributed by atoms with E-state index in [1.807, 2.05) is 4.90 Å². The Morgan fingerprint density at radius 1 is 1.18 bits per heavy atom. The molecule has 0 radical (unpaired) electrons. The Morgan fingerprint density at radius 3 is 2.65 bits per heavy atom. The Balaban J connectivity index is 1.87. The first-order chi connectivity index (χ1) is 8.18. The van der Waals surface area contributed by atoms with E-state index in [1.54, 1.807) is 0 Å². The Kier molecular flexibility index (Phi) is 4.43. The van der Waals surface area contributed by atoms with Gasteiger partial charge in [0.05, 0.1) is 0 Å². The van der Waals surface area contributed by atoms with Gasteiger partial charge in [-0.25, -0.2) is 0 Å². The zero-order chi connectivity index (χ0) is 12.3. The Morgan fingerprint density at radius 2 is 2.00 bits per heavy atom. The molecule has 2 atom stereocenters. The van der Waals surface area contributed by atoms with Crippen LogP contribution in [0.15, 0.2) is 0 Å². The van der Waals surface area contributed by atoms with Crippen molar-refractivity contribution in [3.8, 4) is 0 Å². The minimum atomic E-state index is -0.134. The summed E-state index contributed by atoms with van der Waals surface area (Å²) in [6.07, 6.45) is 5.41. The molecule has 0 N–H and O–H groups in total. The van der Waals surface area contributed by atoms with Gasteiger partial charge in [0.1, 0.15) is 6.10 Å². The smallest absolute Gasteiger partial charge is 0.251 e. The molecule has 0 aromatic rings. The number of ether oxygens (including phenoxy) is 1. The van der Waals surface area contributed by atoms with Crippen LogP contribution in [0.25, 0.3) is 0 Å². The standard InChI is InChI=1S/C14H25NO2/c1-11(2)12-5-3-8-15(9-7-12)14(16)13-6-4-10-17-13/h11-13H,3-10H2,1-2H3/t12-,13-/m0/s1. The summed E-state index contributed by atoms with van der Waals surface area (Å²) < 4.78 is 5.49. The number of hydrogen-bond acceptors (Lipinski definition) is 2. The van der Waals surface area contributed by atoms with E-state index in [1.165, 1.54) is 6.42 Å². The minimum absolute atomic E-state index is 0.134. The average molecular weight is 239 g/mol. The second-order valence-corrected chi connectivity index (χ2v) is 5.76. The molecule has 2 aliphatic heterocycles. The number of hydrogen-bond donors (Lipinski definition) is 0. The lowest BCUT2D eigenvalue weighted by atomic mass is 9.89. The molecule has 0 aromatic carbocycles. The molecule has 0 unspecified atom stereocenters. The van der Waals surface area contributed by atoms with E-state index in [9.17, 15) is 4.79 Å². The zero-order valence-corrected chi connectivity index (χ0v) is 11.2. The lowest BCUT2D eigenvalue weighted by Gasteiger charge is -2.24. The lowest BCUT2D eigenvalue weighted by Crippen LogP contribution is -2.39. The Labute approximate surface area is 105 Å². The minimum Gasteiger partial charge on any atom is -0.368 e. The van der Waals surface area contributed by atoms with Crippen molar-refractivity contribution in [2.24, 2.45) is 11.8 Å². The topological polar surface area (TPSA) is 29.5 Å². The molecular weight excluding hydrogens is 214 g/mol. The fourth-order valence-electron chi connectivity index (χ4n) is 2.99. The zero-order valence-electron chi connectivity index (χ0n) is 11.2. The van der Waals surface area contributed by atoms with Crippen LogP contribution in [0.1, 0.15) is 46.0 Å². The lowest BCUT2D eigenvalue weighted by molar-refractivity contribution is -0.140. The van der Waals surface area contributed by atoms with Crippen molar-refractivity contribution in [3.63, 3.8) is 0 Å². The normalized spacial score (nSPS) is 30.6. The van der Waals surface area contributed by atoms with Crippen LogP contribution in [0.4, 0.5) is 0 Å². The van der Waals surface area contributed by atoms with Crippen molar-refractivity contribution in [2.75, 3.05) is 19.7 Å². The number of carbonyl (C=O) groups is 1. The maximum absolute atomic E-state index is 12.2. The van der Waals surface area contributed by atoms with Crippen LogP contribution in [0.3, 0.4) is 0 Å². The predicted octanol–water partition coefficient (Wildman–Crippen LogP) is 2.45. The Hall–Kier alpha value is -0.570. The van der Waals surface area contributed by atoms with Crippen LogP contribution in [-0.4, -0.2) is 36.6 Å². The molecule has 2 fully saturated rings. The van der Waals surface area contributed by atoms with Crippen molar-refractivity contribution in [1.82, 2.24) is 4.90 Å². The third kappa shape index (κ3) is 3.21. The monoisotopic (exact) mass is 239 g/mol. The quantitative estimate of drug-likeness (QED) is 0.741. The van der Waals surface area contributed by atoms with E-state index in [0.29, 0.717) is 0 Å². The van der Waals surface area contributed by atoms with Gasteiger partial charge < -0.3 is 9.64 Å². The summed E-state index contributed by atoms with van der Waals surface area (Å²) in [7, 11) is 0. The van der Waals surface area contributed by atoms with Gasteiger partial charge in [0.25, 0.3) is 5.91 Å². The van der Waals surface area contributed by atoms with E-state index in [4.69, 9.17) is 4.74 Å². The maximum Gasteiger partial charge on any atom is 0.251 e. The van der Waals surface area contributed by atoms with Crippen LogP contribution in [0.2, 0.25) is 0 Å². The number of amides is 1. The summed E-state index contributed by atoms with van der Waals surface area (Å²) in [5.74, 6) is 1.77. The molecule has 2 heterocycles. The third-order valence-electron chi connectivity index (χ3n) is 4.23. The summed E-state index contributed by atoms with van der Waals surface area (Å²) in [5.41, 5.74) is 0. The molecule has 2 aliphatic rings. The molecule has 2 rings (SSSR count). The highest BCUT2D eigenvalue weighted by Gasteiger charge is 2.30. The van der Waals surface area contributed by atoms with Crippen molar-refractivity contribution in [1.29, 1.82) is 0 Å². The molecular formula is C14H25NO2. The van der Waals surface area contributed by atoms with Gasteiger partial charge in [-0.05, 0) is 43.9 Å². The van der Waals surface area contributed by atoms with Crippen molar-refractivity contribution < 1.29 is 9.53 Å². The van der Waals surface area contributed by atoms with E-state index in [2.05, 4.69) is 13.8 Å². The van der Waals surface area contributed by atoms with Crippen molar-refractivity contribution in [2.45, 2.75) is 52.1 Å². The predicted molar refractivity (Wildman–Crippen MR) is 67.7 cm³/mol. The van der Waals surface area contributed by atoms with Gasteiger partial charge in [-0.15, -0.1) is 0 Å². The summed E-state index contributed by atoms with van der Waals surface area (Å²) >= 11 is 0. The number of rotatable bonds is 2. The van der Waals surface area contributed by atoms with Crippen LogP contribution in [-0.2, 0) is 9.53 Å². The molecule has 0 bridgehead atoms. The first kappa shape index (κ1) is 12.9. The molecule has 17 heavy (non-hydrogen) atoms. The molecule has 3 heteroatoms. The van der Waals surface area contributed by atoms with E-state index in [0.717, 1.165) is 57.2 Å². The SMILES string of the molecule is CC(C)[C@H]1CCCN(C(=O)[C@@H]2CCCO2)CC1. The molecule has 0 saturated carbocycles. The average Bonchev–Trinajstić information content (AvgIpc) is 2.71. The van der Waals surface area contributed by atoms with Gasteiger partial charge in [-0.1, -0.05) is 13.8 Å². The molecule has 0 spiro atoms. The molecule has 0 aliphatic carbocycles. The van der Waals surface area contributed by atoms with Gasteiger partial charge in [0.2, 0.25) is 0 Å². The van der Waals surface area contributed by atoms with Crippen LogP contribution in [0, 0.1) is 11.8 Å².